The highest BCUT2D eigenvalue weighted by Gasteiger charge is 2.32. The first-order valence-electron chi connectivity index (χ1n) is 10.0. The van der Waals surface area contributed by atoms with Crippen LogP contribution in [0.3, 0.4) is 0 Å². The summed E-state index contributed by atoms with van der Waals surface area (Å²) in [5, 5.41) is 0.446. The number of imide groups is 1. The fourth-order valence-electron chi connectivity index (χ4n) is 3.63. The number of hydrogen-bond donors (Lipinski definition) is 0. The van der Waals surface area contributed by atoms with E-state index < -0.39 is 0 Å². The van der Waals surface area contributed by atoms with Gasteiger partial charge in [0.25, 0.3) is 0 Å². The molecule has 3 heterocycles. The number of halogens is 2. The fourth-order valence-corrected chi connectivity index (χ4v) is 4.66. The Morgan fingerprint density at radius 2 is 1.90 bits per heavy atom. The van der Waals surface area contributed by atoms with Crippen molar-refractivity contribution in [3.8, 4) is 0 Å². The van der Waals surface area contributed by atoms with Crippen molar-refractivity contribution in [3.63, 3.8) is 0 Å². The third-order valence-corrected chi connectivity index (χ3v) is 6.32. The highest BCUT2D eigenvalue weighted by atomic mass is 35.5. The predicted octanol–water partition coefficient (Wildman–Crippen LogP) is 2.06. The summed E-state index contributed by atoms with van der Waals surface area (Å²) in [5.41, 5.74) is 0.607. The van der Waals surface area contributed by atoms with Crippen molar-refractivity contribution in [2.45, 2.75) is 19.3 Å². The standard InChI is InChI=1S/C20H23FN4O4S.ClH/c21-14-2-3-15-16(12-14)30-20(22-15)24(7-1-6-23-8-10-29-11-9-23)19(28)13-25-17(26)4-5-18(25)27;/h2-3,12H,1,4-11,13H2;1H. The van der Waals surface area contributed by atoms with E-state index in [1.165, 1.54) is 28.4 Å². The molecule has 31 heavy (non-hydrogen) atoms. The number of fused-ring (bicyclic) bond motifs is 1. The van der Waals surface area contributed by atoms with E-state index in [2.05, 4.69) is 9.88 Å². The lowest BCUT2D eigenvalue weighted by Crippen LogP contribution is -2.44. The van der Waals surface area contributed by atoms with Crippen LogP contribution < -0.4 is 4.90 Å². The van der Waals surface area contributed by atoms with E-state index in [0.717, 1.165) is 24.5 Å². The van der Waals surface area contributed by atoms with Crippen molar-refractivity contribution in [2.75, 3.05) is 50.8 Å². The molecule has 0 atom stereocenters. The lowest BCUT2D eigenvalue weighted by molar-refractivity contribution is -0.141. The van der Waals surface area contributed by atoms with E-state index in [4.69, 9.17) is 4.74 Å². The number of carbonyl (C=O) groups is 3. The summed E-state index contributed by atoms with van der Waals surface area (Å²) in [4.78, 5) is 46.2. The van der Waals surface area contributed by atoms with Gasteiger partial charge >= 0.3 is 0 Å². The summed E-state index contributed by atoms with van der Waals surface area (Å²) in [7, 11) is 0. The molecule has 0 aliphatic carbocycles. The summed E-state index contributed by atoms with van der Waals surface area (Å²) in [5.74, 6) is -1.38. The van der Waals surface area contributed by atoms with E-state index in [9.17, 15) is 18.8 Å². The Morgan fingerprint density at radius 1 is 1.19 bits per heavy atom. The van der Waals surface area contributed by atoms with Crippen LogP contribution in [-0.4, -0.2) is 78.4 Å². The van der Waals surface area contributed by atoms with Gasteiger partial charge in [-0.3, -0.25) is 29.1 Å². The molecule has 1 aromatic carbocycles. The topological polar surface area (TPSA) is 83.1 Å². The molecule has 1 aromatic heterocycles. The molecule has 2 aliphatic heterocycles. The maximum atomic E-state index is 13.6. The second-order valence-electron chi connectivity index (χ2n) is 7.34. The second kappa shape index (κ2) is 10.4. The zero-order chi connectivity index (χ0) is 21.1. The monoisotopic (exact) mass is 470 g/mol. The normalized spacial score (nSPS) is 17.3. The number of rotatable bonds is 7. The number of anilines is 1. The van der Waals surface area contributed by atoms with E-state index in [1.807, 2.05) is 0 Å². The minimum Gasteiger partial charge on any atom is -0.379 e. The molecule has 2 fully saturated rings. The van der Waals surface area contributed by atoms with E-state index in [1.54, 1.807) is 6.07 Å². The van der Waals surface area contributed by atoms with Gasteiger partial charge in [0.2, 0.25) is 17.7 Å². The molecule has 11 heteroatoms. The number of likely N-dealkylation sites (tertiary alicyclic amines) is 1. The van der Waals surface area contributed by atoms with Crippen molar-refractivity contribution >= 4 is 56.8 Å². The van der Waals surface area contributed by atoms with Crippen LogP contribution in [0.25, 0.3) is 10.2 Å². The summed E-state index contributed by atoms with van der Waals surface area (Å²) in [6, 6.07) is 4.30. The third-order valence-electron chi connectivity index (χ3n) is 5.28. The number of nitrogens with zero attached hydrogens (tertiary/aromatic N) is 4. The SMILES string of the molecule is Cl.O=C1CCC(=O)N1CC(=O)N(CCCN1CCOCC1)c1nc2ccc(F)cc2s1. The molecule has 3 amide bonds. The van der Waals surface area contributed by atoms with Gasteiger partial charge in [-0.15, -0.1) is 12.4 Å². The van der Waals surface area contributed by atoms with Gasteiger partial charge in [0.05, 0.1) is 23.4 Å². The molecule has 0 N–H and O–H groups in total. The molecule has 0 bridgehead atoms. The van der Waals surface area contributed by atoms with Gasteiger partial charge in [-0.05, 0) is 24.6 Å². The Hall–Kier alpha value is -2.14. The minimum atomic E-state index is -0.365. The number of carbonyl (C=O) groups excluding carboxylic acids is 3. The van der Waals surface area contributed by atoms with Gasteiger partial charge in [-0.1, -0.05) is 11.3 Å². The predicted molar refractivity (Wildman–Crippen MR) is 117 cm³/mol. The Kier molecular flexibility index (Phi) is 7.93. The van der Waals surface area contributed by atoms with Crippen molar-refractivity contribution in [3.05, 3.63) is 24.0 Å². The number of thiazole rings is 1. The first kappa shape index (κ1) is 23.5. The van der Waals surface area contributed by atoms with Gasteiger partial charge in [-0.2, -0.15) is 0 Å². The Labute approximate surface area is 189 Å². The summed E-state index contributed by atoms with van der Waals surface area (Å²) in [6.07, 6.45) is 0.991. The molecule has 4 rings (SSSR count). The van der Waals surface area contributed by atoms with Crippen LogP contribution in [0.2, 0.25) is 0 Å². The number of amides is 3. The van der Waals surface area contributed by atoms with E-state index in [0.29, 0.717) is 41.5 Å². The van der Waals surface area contributed by atoms with Crippen LogP contribution in [0.5, 0.6) is 0 Å². The van der Waals surface area contributed by atoms with Gasteiger partial charge in [0.15, 0.2) is 5.13 Å². The number of benzene rings is 1. The Balaban J connectivity index is 0.00000272. The van der Waals surface area contributed by atoms with Gasteiger partial charge in [0.1, 0.15) is 12.4 Å². The number of aromatic nitrogens is 1. The molecule has 0 saturated carbocycles. The molecule has 0 radical (unpaired) electrons. The van der Waals surface area contributed by atoms with Crippen LogP contribution in [0.4, 0.5) is 9.52 Å². The van der Waals surface area contributed by atoms with Crippen LogP contribution in [0.15, 0.2) is 18.2 Å². The van der Waals surface area contributed by atoms with Crippen molar-refractivity contribution in [2.24, 2.45) is 0 Å². The molecule has 2 aromatic rings. The van der Waals surface area contributed by atoms with E-state index in [-0.39, 0.29) is 55.3 Å². The number of morpholine rings is 1. The van der Waals surface area contributed by atoms with Gasteiger partial charge in [0, 0.05) is 39.0 Å². The minimum absolute atomic E-state index is 0. The average Bonchev–Trinajstić information content (AvgIpc) is 3.29. The third kappa shape index (κ3) is 5.57. The maximum Gasteiger partial charge on any atom is 0.248 e. The molecule has 0 spiro atoms. The zero-order valence-corrected chi connectivity index (χ0v) is 18.6. The maximum absolute atomic E-state index is 13.6. The molecule has 0 unspecified atom stereocenters. The van der Waals surface area contributed by atoms with Crippen molar-refractivity contribution < 1.29 is 23.5 Å². The largest absolute Gasteiger partial charge is 0.379 e. The molecule has 2 aliphatic rings. The van der Waals surface area contributed by atoms with Crippen molar-refractivity contribution in [1.29, 1.82) is 0 Å². The van der Waals surface area contributed by atoms with Gasteiger partial charge < -0.3 is 4.74 Å². The smallest absolute Gasteiger partial charge is 0.248 e. The molecule has 168 valence electrons. The zero-order valence-electron chi connectivity index (χ0n) is 16.9. The second-order valence-corrected chi connectivity index (χ2v) is 8.34. The molecular formula is C20H24ClFN4O4S. The van der Waals surface area contributed by atoms with Crippen LogP contribution in [-0.2, 0) is 19.1 Å². The first-order valence-corrected chi connectivity index (χ1v) is 10.8. The summed E-state index contributed by atoms with van der Waals surface area (Å²) >= 11 is 1.23. The quantitative estimate of drug-likeness (QED) is 0.576. The lowest BCUT2D eigenvalue weighted by Gasteiger charge is -2.28. The van der Waals surface area contributed by atoms with Crippen LogP contribution >= 0.6 is 23.7 Å². The first-order chi connectivity index (χ1) is 14.5. The highest BCUT2D eigenvalue weighted by Crippen LogP contribution is 2.30. The summed E-state index contributed by atoms with van der Waals surface area (Å²) in [6.45, 7) is 4.01. The highest BCUT2D eigenvalue weighted by molar-refractivity contribution is 7.22. The van der Waals surface area contributed by atoms with Crippen LogP contribution in [0.1, 0.15) is 19.3 Å². The summed E-state index contributed by atoms with van der Waals surface area (Å²) < 4.78 is 19.6. The van der Waals surface area contributed by atoms with Gasteiger partial charge in [-0.25, -0.2) is 9.37 Å². The average molecular weight is 471 g/mol. The lowest BCUT2D eigenvalue weighted by atomic mass is 10.3. The van der Waals surface area contributed by atoms with E-state index >= 15 is 0 Å². The number of hydrogen-bond acceptors (Lipinski definition) is 7. The number of ether oxygens (including phenoxy) is 1. The molecular weight excluding hydrogens is 447 g/mol. The van der Waals surface area contributed by atoms with Crippen molar-refractivity contribution in [1.82, 2.24) is 14.8 Å². The molecule has 8 nitrogen and oxygen atoms in total. The molecule has 2 saturated heterocycles. The Morgan fingerprint density at radius 3 is 2.61 bits per heavy atom. The Bertz CT molecular complexity index is 950. The fraction of sp³-hybridized carbons (Fsp3) is 0.500. The van der Waals surface area contributed by atoms with Crippen LogP contribution in [0, 0.1) is 5.82 Å².